The zero-order valence-corrected chi connectivity index (χ0v) is 24.5. The molecule has 214 valence electrons. The van der Waals surface area contributed by atoms with Crippen LogP contribution in [-0.2, 0) is 24.8 Å². The maximum atomic E-state index is 13.3. The molecule has 1 fully saturated rings. The van der Waals surface area contributed by atoms with E-state index in [4.69, 9.17) is 9.72 Å². The number of carbonyl (C=O) groups excluding carboxylic acids is 1. The molecule has 4 aromatic rings. The zero-order valence-electron chi connectivity index (χ0n) is 22.9. The van der Waals surface area contributed by atoms with Crippen molar-refractivity contribution in [2.75, 3.05) is 6.26 Å². The average Bonchev–Trinajstić information content (AvgIpc) is 3.51. The van der Waals surface area contributed by atoms with Gasteiger partial charge in [0.05, 0.1) is 22.9 Å². The molecule has 1 aromatic carbocycles. The van der Waals surface area contributed by atoms with Gasteiger partial charge in [-0.2, -0.15) is 4.31 Å². The van der Waals surface area contributed by atoms with Crippen molar-refractivity contribution in [2.24, 2.45) is 5.92 Å². The highest BCUT2D eigenvalue weighted by atomic mass is 32.2. The van der Waals surface area contributed by atoms with Crippen LogP contribution in [0.25, 0.3) is 22.1 Å². The maximum absolute atomic E-state index is 13.3. The number of H-pyrrole nitrogens is 1. The summed E-state index contributed by atoms with van der Waals surface area (Å²) in [5, 5.41) is 0.501. The molecule has 11 nitrogen and oxygen atoms in total. The quantitative estimate of drug-likeness (QED) is 0.333. The second-order valence-corrected chi connectivity index (χ2v) is 14.9. The fourth-order valence-electron chi connectivity index (χ4n) is 5.33. The molecule has 3 aromatic heterocycles. The first kappa shape index (κ1) is 28.1. The summed E-state index contributed by atoms with van der Waals surface area (Å²) in [5.74, 6) is 0.106. The van der Waals surface area contributed by atoms with E-state index in [2.05, 4.69) is 9.97 Å². The van der Waals surface area contributed by atoms with E-state index in [1.165, 1.54) is 24.5 Å². The molecule has 13 heteroatoms. The minimum Gasteiger partial charge on any atom is -0.443 e. The first-order valence-corrected chi connectivity index (χ1v) is 16.4. The molecule has 0 saturated heterocycles. The Kier molecular flexibility index (Phi) is 7.15. The van der Waals surface area contributed by atoms with Crippen molar-refractivity contribution in [3.8, 4) is 0 Å². The minimum atomic E-state index is -4.06. The number of fused-ring (bicyclic) bond motifs is 3. The molecular formula is C27H33N5O6S2. The van der Waals surface area contributed by atoms with E-state index in [1.54, 1.807) is 45.0 Å². The summed E-state index contributed by atoms with van der Waals surface area (Å²) in [6.45, 7) is 5.04. The molecule has 1 N–H and O–H groups in total. The van der Waals surface area contributed by atoms with Crippen molar-refractivity contribution in [1.82, 2.24) is 23.2 Å². The third kappa shape index (κ3) is 5.31. The van der Waals surface area contributed by atoms with Crippen LogP contribution in [0, 0.1) is 5.92 Å². The number of pyridine rings is 1. The monoisotopic (exact) mass is 587 g/mol. The fraction of sp³-hybridized carbons (Fsp3) is 0.444. The summed E-state index contributed by atoms with van der Waals surface area (Å²) in [6.07, 6.45) is 7.18. The second-order valence-electron chi connectivity index (χ2n) is 11.2. The van der Waals surface area contributed by atoms with Crippen LogP contribution in [0.1, 0.15) is 64.7 Å². The van der Waals surface area contributed by atoms with Crippen LogP contribution in [0.15, 0.2) is 53.7 Å². The molecular weight excluding hydrogens is 554 g/mol. The molecule has 0 aliphatic heterocycles. The molecule has 5 rings (SSSR count). The first-order chi connectivity index (χ1) is 18.8. The number of amides is 1. The third-order valence-electron chi connectivity index (χ3n) is 7.01. The largest absolute Gasteiger partial charge is 0.443 e. The van der Waals surface area contributed by atoms with Crippen molar-refractivity contribution in [1.29, 1.82) is 0 Å². The summed E-state index contributed by atoms with van der Waals surface area (Å²) >= 11 is 0. The minimum absolute atomic E-state index is 0.123. The molecule has 0 radical (unpaired) electrons. The van der Waals surface area contributed by atoms with Gasteiger partial charge in [-0.1, -0.05) is 37.5 Å². The van der Waals surface area contributed by atoms with Crippen LogP contribution in [0.3, 0.4) is 0 Å². The van der Waals surface area contributed by atoms with Crippen LogP contribution in [0.5, 0.6) is 0 Å². The highest BCUT2D eigenvalue weighted by Gasteiger charge is 2.42. The lowest BCUT2D eigenvalue weighted by Crippen LogP contribution is -2.45. The van der Waals surface area contributed by atoms with E-state index in [0.717, 1.165) is 46.6 Å². The van der Waals surface area contributed by atoms with Gasteiger partial charge in [0.2, 0.25) is 10.0 Å². The summed E-state index contributed by atoms with van der Waals surface area (Å²) in [7, 11) is -7.97. The Morgan fingerprint density at radius 3 is 2.38 bits per heavy atom. The number of nitrogens with one attached hydrogen (secondary N) is 1. The maximum Gasteiger partial charge on any atom is 0.424 e. The van der Waals surface area contributed by atoms with E-state index in [-0.39, 0.29) is 22.3 Å². The molecule has 1 saturated carbocycles. The van der Waals surface area contributed by atoms with E-state index < -0.39 is 37.8 Å². The van der Waals surface area contributed by atoms with Crippen molar-refractivity contribution in [2.45, 2.75) is 69.4 Å². The predicted octanol–water partition coefficient (Wildman–Crippen LogP) is 4.97. The van der Waals surface area contributed by atoms with Gasteiger partial charge in [-0.15, -0.1) is 0 Å². The molecule has 3 heterocycles. The summed E-state index contributed by atoms with van der Waals surface area (Å²) in [4.78, 5) is 25.8. The number of hydrogen-bond acceptors (Lipinski definition) is 8. The fourth-order valence-corrected chi connectivity index (χ4v) is 7.65. The summed E-state index contributed by atoms with van der Waals surface area (Å²) < 4.78 is 60.3. The van der Waals surface area contributed by atoms with Crippen LogP contribution >= 0.6 is 0 Å². The number of nitrogens with zero attached hydrogens (tertiary/aromatic N) is 4. The highest BCUT2D eigenvalue weighted by molar-refractivity contribution is 7.90. The van der Waals surface area contributed by atoms with Crippen LogP contribution < -0.4 is 0 Å². The van der Waals surface area contributed by atoms with Crippen molar-refractivity contribution < 1.29 is 26.4 Å². The topological polar surface area (TPSA) is 144 Å². The van der Waals surface area contributed by atoms with Gasteiger partial charge < -0.3 is 9.72 Å². The number of ether oxygens (including phenoxy) is 1. The number of benzene rings is 1. The van der Waals surface area contributed by atoms with Gasteiger partial charge in [0, 0.05) is 11.6 Å². The van der Waals surface area contributed by atoms with Crippen molar-refractivity contribution >= 4 is 48.2 Å². The normalized spacial score (nSPS) is 16.3. The van der Waals surface area contributed by atoms with Gasteiger partial charge in [0.15, 0.2) is 5.65 Å². The van der Waals surface area contributed by atoms with Gasteiger partial charge >= 0.3 is 6.09 Å². The van der Waals surface area contributed by atoms with Crippen LogP contribution in [-0.4, -0.2) is 58.0 Å². The highest BCUT2D eigenvalue weighted by Crippen LogP contribution is 2.40. The molecule has 0 spiro atoms. The van der Waals surface area contributed by atoms with Crippen molar-refractivity contribution in [3.63, 3.8) is 0 Å². The summed E-state index contributed by atoms with van der Waals surface area (Å²) in [6, 6.07) is 8.76. The van der Waals surface area contributed by atoms with E-state index >= 15 is 0 Å². The molecule has 1 unspecified atom stereocenters. The van der Waals surface area contributed by atoms with Crippen LogP contribution in [0.4, 0.5) is 4.79 Å². The van der Waals surface area contributed by atoms with Crippen molar-refractivity contribution in [3.05, 3.63) is 54.6 Å². The zero-order chi connectivity index (χ0) is 28.9. The number of aromatic nitrogens is 4. The number of sulfonamides is 1. The Balaban J connectivity index is 1.66. The van der Waals surface area contributed by atoms with Gasteiger partial charge in [0.25, 0.3) is 10.0 Å². The van der Waals surface area contributed by atoms with Gasteiger partial charge in [-0.25, -0.2) is 35.6 Å². The van der Waals surface area contributed by atoms with E-state index in [1.807, 2.05) is 0 Å². The standard InChI is InChI=1S/C27H33N5O6S2/c1-27(2,3)38-26(33)32(39(4,34)35)23(18-11-7-5-8-12-18)24-29-21-17-28-25-20(22(21)30-24)15-16-31(25)40(36,37)19-13-9-6-10-14-19/h6,9-10,13-18,23H,5,7-8,11-12H2,1-4H3,(H,29,30). The number of carbonyl (C=O) groups is 1. The molecule has 1 amide bonds. The number of imidazole rings is 1. The molecule has 1 atom stereocenters. The number of aromatic amines is 1. The Labute approximate surface area is 233 Å². The van der Waals surface area contributed by atoms with Gasteiger partial charge in [-0.3, -0.25) is 0 Å². The SMILES string of the molecule is CC(C)(C)OC(=O)N(C(c1nc2cnc3c(ccn3S(=O)(=O)c3ccccc3)c2[nH]1)C1CCCCC1)S(C)(=O)=O. The molecule has 0 bridgehead atoms. The van der Waals surface area contributed by atoms with Gasteiger partial charge in [0.1, 0.15) is 23.0 Å². The Hall–Kier alpha value is -3.45. The average molecular weight is 588 g/mol. The Bertz CT molecular complexity index is 1770. The summed E-state index contributed by atoms with van der Waals surface area (Å²) in [5.41, 5.74) is 0.220. The second kappa shape index (κ2) is 10.2. The molecule has 1 aliphatic rings. The Morgan fingerprint density at radius 2 is 1.75 bits per heavy atom. The molecule has 1 aliphatic carbocycles. The smallest absolute Gasteiger partial charge is 0.424 e. The lowest BCUT2D eigenvalue weighted by molar-refractivity contribution is 0.0270. The number of rotatable bonds is 6. The van der Waals surface area contributed by atoms with Gasteiger partial charge in [-0.05, 0) is 57.7 Å². The lowest BCUT2D eigenvalue weighted by atomic mass is 9.83. The van der Waals surface area contributed by atoms with Crippen LogP contribution in [0.2, 0.25) is 0 Å². The lowest BCUT2D eigenvalue weighted by Gasteiger charge is -2.36. The predicted molar refractivity (Wildman–Crippen MR) is 151 cm³/mol. The third-order valence-corrected chi connectivity index (χ3v) is 9.79. The number of hydrogen-bond donors (Lipinski definition) is 1. The first-order valence-electron chi connectivity index (χ1n) is 13.2. The van der Waals surface area contributed by atoms with E-state index in [9.17, 15) is 21.6 Å². The molecule has 40 heavy (non-hydrogen) atoms. The Morgan fingerprint density at radius 1 is 1.07 bits per heavy atom. The van der Waals surface area contributed by atoms with E-state index in [0.29, 0.717) is 16.4 Å².